The van der Waals surface area contributed by atoms with E-state index < -0.39 is 22.0 Å². The second-order valence-electron chi connectivity index (χ2n) is 7.62. The molecule has 2 N–H and O–H groups in total. The first-order valence-corrected chi connectivity index (χ1v) is 11.2. The summed E-state index contributed by atoms with van der Waals surface area (Å²) in [5.41, 5.74) is 1.64. The average molecular weight is 425 g/mol. The van der Waals surface area contributed by atoms with Crippen molar-refractivity contribution in [3.63, 3.8) is 0 Å². The minimum Gasteiger partial charge on any atom is -0.379 e. The van der Waals surface area contributed by atoms with Gasteiger partial charge in [0.15, 0.2) is 0 Å². The molecule has 2 fully saturated rings. The summed E-state index contributed by atoms with van der Waals surface area (Å²) in [5, 5.41) is 0.363. The van der Waals surface area contributed by atoms with Gasteiger partial charge >= 0.3 is 0 Å². The SMILES string of the molecule is O=S(=O)(NCCc1nc2cnc3[nH]ccc3c2n1C1COCCC1(F)F)C1CC1. The fraction of sp³-hybridized carbons (Fsp3) is 0.556. The predicted molar refractivity (Wildman–Crippen MR) is 102 cm³/mol. The molecule has 29 heavy (non-hydrogen) atoms. The van der Waals surface area contributed by atoms with Crippen LogP contribution in [-0.2, 0) is 21.2 Å². The van der Waals surface area contributed by atoms with Crippen LogP contribution in [0.2, 0.25) is 0 Å². The molecule has 8 nitrogen and oxygen atoms in total. The zero-order valence-electron chi connectivity index (χ0n) is 15.6. The Morgan fingerprint density at radius 2 is 2.21 bits per heavy atom. The predicted octanol–water partition coefficient (Wildman–Crippen LogP) is 2.13. The number of nitrogens with one attached hydrogen (secondary N) is 2. The molecular weight excluding hydrogens is 404 g/mol. The van der Waals surface area contributed by atoms with Crippen molar-refractivity contribution in [3.05, 3.63) is 24.3 Å². The van der Waals surface area contributed by atoms with Gasteiger partial charge in [-0.25, -0.2) is 31.9 Å². The summed E-state index contributed by atoms with van der Waals surface area (Å²) in [6.07, 6.45) is 4.40. The van der Waals surface area contributed by atoms with Gasteiger partial charge in [0, 0.05) is 31.0 Å². The maximum absolute atomic E-state index is 14.8. The molecule has 1 aliphatic heterocycles. The van der Waals surface area contributed by atoms with Gasteiger partial charge < -0.3 is 14.3 Å². The second kappa shape index (κ2) is 6.71. The van der Waals surface area contributed by atoms with E-state index in [1.54, 1.807) is 18.5 Å². The molecular formula is C18H21F2N5O3S. The Hall–Kier alpha value is -2.11. The number of aromatic nitrogens is 4. The molecule has 0 aromatic carbocycles. The lowest BCUT2D eigenvalue weighted by Gasteiger charge is -2.33. The molecule has 1 unspecified atom stereocenters. The van der Waals surface area contributed by atoms with Crippen LogP contribution < -0.4 is 4.72 Å². The maximum Gasteiger partial charge on any atom is 0.272 e. The first-order valence-electron chi connectivity index (χ1n) is 9.64. The zero-order chi connectivity index (χ0) is 20.2. The lowest BCUT2D eigenvalue weighted by atomic mass is 10.0. The number of imidazole rings is 1. The molecule has 11 heteroatoms. The highest BCUT2D eigenvalue weighted by Gasteiger charge is 2.45. The molecule has 1 saturated heterocycles. The van der Waals surface area contributed by atoms with Crippen LogP contribution in [0, 0.1) is 0 Å². The molecule has 2 aliphatic rings. The monoisotopic (exact) mass is 425 g/mol. The number of sulfonamides is 1. The fourth-order valence-electron chi connectivity index (χ4n) is 3.91. The number of alkyl halides is 2. The molecule has 0 bridgehead atoms. The normalized spacial score (nSPS) is 22.5. The number of hydrogen-bond acceptors (Lipinski definition) is 5. The van der Waals surface area contributed by atoms with Crippen molar-refractivity contribution in [2.45, 2.75) is 42.9 Å². The Morgan fingerprint density at radius 1 is 1.38 bits per heavy atom. The van der Waals surface area contributed by atoms with Crippen molar-refractivity contribution < 1.29 is 21.9 Å². The van der Waals surface area contributed by atoms with Crippen LogP contribution >= 0.6 is 0 Å². The largest absolute Gasteiger partial charge is 0.379 e. The van der Waals surface area contributed by atoms with Crippen molar-refractivity contribution in [1.29, 1.82) is 0 Å². The Labute approximate surface area is 165 Å². The number of halogens is 2. The van der Waals surface area contributed by atoms with E-state index in [1.807, 2.05) is 0 Å². The Morgan fingerprint density at radius 3 is 2.97 bits per heavy atom. The van der Waals surface area contributed by atoms with Crippen molar-refractivity contribution in [3.8, 4) is 0 Å². The number of H-pyrrole nitrogens is 1. The number of fused-ring (bicyclic) bond motifs is 3. The van der Waals surface area contributed by atoms with Crippen LogP contribution in [0.15, 0.2) is 18.5 Å². The van der Waals surface area contributed by atoms with E-state index in [0.29, 0.717) is 40.7 Å². The summed E-state index contributed by atoms with van der Waals surface area (Å²) in [7, 11) is -3.35. The average Bonchev–Trinajstić information content (AvgIpc) is 3.32. The van der Waals surface area contributed by atoms with E-state index in [0.717, 1.165) is 0 Å². The number of hydrogen-bond donors (Lipinski definition) is 2. The van der Waals surface area contributed by atoms with Gasteiger partial charge in [0.05, 0.1) is 30.2 Å². The summed E-state index contributed by atoms with van der Waals surface area (Å²) < 4.78 is 63.3. The Bertz CT molecular complexity index is 1170. The number of nitrogens with zero attached hydrogens (tertiary/aromatic N) is 3. The number of pyridine rings is 1. The van der Waals surface area contributed by atoms with Gasteiger partial charge in [-0.05, 0) is 18.9 Å². The summed E-state index contributed by atoms with van der Waals surface area (Å²) >= 11 is 0. The molecule has 0 amide bonds. The van der Waals surface area contributed by atoms with E-state index in [9.17, 15) is 17.2 Å². The third-order valence-corrected chi connectivity index (χ3v) is 7.53. The summed E-state index contributed by atoms with van der Waals surface area (Å²) in [6, 6.07) is 0.571. The molecule has 3 aromatic rings. The van der Waals surface area contributed by atoms with Crippen molar-refractivity contribution in [1.82, 2.24) is 24.2 Å². The second-order valence-corrected chi connectivity index (χ2v) is 9.67. The standard InChI is InChI=1S/C18H21F2N5O3S/c19-18(20)5-8-28-10-14(18)25-15(4-7-23-29(26,27)11-1-2-11)24-13-9-22-17-12(16(13)25)3-6-21-17/h3,6,9,11,14,23H,1-2,4-5,7-8,10H2,(H,21,22). The third-order valence-electron chi connectivity index (χ3n) is 5.58. The molecule has 3 aromatic heterocycles. The van der Waals surface area contributed by atoms with Gasteiger partial charge in [-0.15, -0.1) is 0 Å². The van der Waals surface area contributed by atoms with Crippen LogP contribution in [0.25, 0.3) is 22.1 Å². The molecule has 1 saturated carbocycles. The fourth-order valence-corrected chi connectivity index (χ4v) is 5.29. The topological polar surface area (TPSA) is 102 Å². The number of aromatic amines is 1. The lowest BCUT2D eigenvalue weighted by Crippen LogP contribution is -2.40. The minimum atomic E-state index is -3.35. The van der Waals surface area contributed by atoms with E-state index in [-0.39, 0.29) is 37.9 Å². The maximum atomic E-state index is 14.8. The van der Waals surface area contributed by atoms with Gasteiger partial charge in [0.25, 0.3) is 5.92 Å². The quantitative estimate of drug-likeness (QED) is 0.630. The van der Waals surface area contributed by atoms with Crippen molar-refractivity contribution in [2.24, 2.45) is 0 Å². The molecule has 0 spiro atoms. The van der Waals surface area contributed by atoms with Crippen LogP contribution in [0.3, 0.4) is 0 Å². The molecule has 1 atom stereocenters. The van der Waals surface area contributed by atoms with Crippen LogP contribution in [0.4, 0.5) is 8.78 Å². The molecule has 0 radical (unpaired) electrons. The van der Waals surface area contributed by atoms with E-state index in [1.165, 1.54) is 4.57 Å². The van der Waals surface area contributed by atoms with E-state index >= 15 is 0 Å². The summed E-state index contributed by atoms with van der Waals surface area (Å²) in [4.78, 5) is 11.8. The highest BCUT2D eigenvalue weighted by Crippen LogP contribution is 2.40. The van der Waals surface area contributed by atoms with Gasteiger partial charge in [0.2, 0.25) is 10.0 Å². The third kappa shape index (κ3) is 3.30. The van der Waals surface area contributed by atoms with E-state index in [2.05, 4.69) is 19.7 Å². The number of ether oxygens (including phenoxy) is 1. The zero-order valence-corrected chi connectivity index (χ0v) is 16.4. The van der Waals surface area contributed by atoms with Crippen LogP contribution in [-0.4, -0.2) is 58.9 Å². The smallest absolute Gasteiger partial charge is 0.272 e. The van der Waals surface area contributed by atoms with Crippen molar-refractivity contribution >= 4 is 32.1 Å². The van der Waals surface area contributed by atoms with Gasteiger partial charge in [-0.2, -0.15) is 0 Å². The first kappa shape index (κ1) is 18.9. The van der Waals surface area contributed by atoms with Gasteiger partial charge in [0.1, 0.15) is 23.0 Å². The van der Waals surface area contributed by atoms with Crippen molar-refractivity contribution in [2.75, 3.05) is 19.8 Å². The lowest BCUT2D eigenvalue weighted by molar-refractivity contribution is -0.132. The highest BCUT2D eigenvalue weighted by molar-refractivity contribution is 7.90. The van der Waals surface area contributed by atoms with Crippen LogP contribution in [0.1, 0.15) is 31.1 Å². The summed E-state index contributed by atoms with van der Waals surface area (Å²) in [6.45, 7) is -0.0215. The Balaban J connectivity index is 1.57. The van der Waals surface area contributed by atoms with Crippen LogP contribution in [0.5, 0.6) is 0 Å². The Kier molecular flexibility index (Phi) is 4.37. The molecule has 156 valence electrons. The first-order chi connectivity index (χ1) is 13.9. The van der Waals surface area contributed by atoms with E-state index in [4.69, 9.17) is 4.74 Å². The number of rotatable bonds is 6. The van der Waals surface area contributed by atoms with Gasteiger partial charge in [-0.3, -0.25) is 0 Å². The minimum absolute atomic E-state index is 0.00771. The molecule has 5 rings (SSSR count). The summed E-state index contributed by atoms with van der Waals surface area (Å²) in [5.74, 6) is -2.57. The molecule has 1 aliphatic carbocycles. The molecule has 4 heterocycles. The highest BCUT2D eigenvalue weighted by atomic mass is 32.2. The van der Waals surface area contributed by atoms with Gasteiger partial charge in [-0.1, -0.05) is 0 Å².